The van der Waals surface area contributed by atoms with Crippen molar-refractivity contribution in [1.82, 2.24) is 20.2 Å². The second-order valence-corrected chi connectivity index (χ2v) is 10.3. The van der Waals surface area contributed by atoms with E-state index in [9.17, 15) is 23.1 Å². The molecule has 9 nitrogen and oxygen atoms in total. The van der Waals surface area contributed by atoms with Gasteiger partial charge in [-0.05, 0) is 52.9 Å². The Balaban J connectivity index is 2.06. The van der Waals surface area contributed by atoms with Crippen LogP contribution in [0.5, 0.6) is 5.75 Å². The second kappa shape index (κ2) is 13.2. The Kier molecular flexibility index (Phi) is 10.4. The van der Waals surface area contributed by atoms with Crippen molar-refractivity contribution in [3.05, 3.63) is 40.2 Å². The van der Waals surface area contributed by atoms with Crippen LogP contribution in [0.25, 0.3) is 17.0 Å². The number of Topliss-reactive ketones (excluding diaryl/α,β-unsaturated/α-hetero) is 1. The summed E-state index contributed by atoms with van der Waals surface area (Å²) in [5, 5.41) is 13.2. The van der Waals surface area contributed by atoms with E-state index in [1.807, 2.05) is 4.90 Å². The van der Waals surface area contributed by atoms with E-state index in [1.165, 1.54) is 11.8 Å². The van der Waals surface area contributed by atoms with Crippen molar-refractivity contribution in [2.45, 2.75) is 46.0 Å². The molecule has 2 heterocycles. The maximum absolute atomic E-state index is 13.3. The van der Waals surface area contributed by atoms with Gasteiger partial charge in [0.15, 0.2) is 11.6 Å². The Hall–Kier alpha value is -2.93. The first kappa shape index (κ1) is 31.6. The molecule has 0 bridgehead atoms. The van der Waals surface area contributed by atoms with Crippen molar-refractivity contribution < 1.29 is 27.8 Å². The van der Waals surface area contributed by atoms with Gasteiger partial charge in [-0.3, -0.25) is 9.69 Å². The first-order valence-electron chi connectivity index (χ1n) is 12.9. The fraction of sp³-hybridized carbons (Fsp3) is 0.519. The number of nitrogens with zero attached hydrogens (tertiary/aromatic N) is 4. The zero-order valence-corrected chi connectivity index (χ0v) is 24.0. The van der Waals surface area contributed by atoms with E-state index in [2.05, 4.69) is 10.3 Å². The molecule has 0 spiro atoms. The second-order valence-electron chi connectivity index (χ2n) is 9.86. The fourth-order valence-electron chi connectivity index (χ4n) is 4.59. The number of halogens is 4. The number of likely N-dealkylation sites (N-methyl/N-ethyl adjacent to an activating group) is 1. The van der Waals surface area contributed by atoms with Crippen molar-refractivity contribution in [1.29, 1.82) is 0 Å². The molecule has 0 saturated carbocycles. The van der Waals surface area contributed by atoms with Gasteiger partial charge in [-0.25, -0.2) is 9.97 Å². The van der Waals surface area contributed by atoms with Gasteiger partial charge in [0.25, 0.3) is 0 Å². The van der Waals surface area contributed by atoms with E-state index in [4.69, 9.17) is 27.1 Å². The van der Waals surface area contributed by atoms with E-state index in [-0.39, 0.29) is 55.7 Å². The maximum atomic E-state index is 13.3. The quantitative estimate of drug-likeness (QED) is 0.361. The third-order valence-electron chi connectivity index (χ3n) is 6.80. The van der Waals surface area contributed by atoms with Gasteiger partial charge in [-0.15, -0.1) is 0 Å². The van der Waals surface area contributed by atoms with Gasteiger partial charge in [0.2, 0.25) is 0 Å². The highest BCUT2D eigenvalue weighted by Gasteiger charge is 2.41. The van der Waals surface area contributed by atoms with Crippen LogP contribution in [0.2, 0.25) is 5.02 Å². The number of piperazine rings is 1. The molecular weight excluding hydrogens is 549 g/mol. The highest BCUT2D eigenvalue weighted by Crippen LogP contribution is 2.35. The van der Waals surface area contributed by atoms with E-state index < -0.39 is 18.3 Å². The van der Waals surface area contributed by atoms with Gasteiger partial charge >= 0.3 is 6.18 Å². The topological polar surface area (TPSA) is 117 Å². The molecule has 0 aliphatic carbocycles. The van der Waals surface area contributed by atoms with Crippen molar-refractivity contribution in [2.75, 3.05) is 51.3 Å². The number of ether oxygens (including phenoxy) is 1. The number of rotatable bonds is 10. The average Bonchev–Trinajstić information content (AvgIpc) is 2.88. The number of alkyl halides is 3. The van der Waals surface area contributed by atoms with Crippen LogP contribution in [0, 0.1) is 6.92 Å². The molecule has 3 rings (SSSR count). The SMILES string of the molecule is CNC[C@@H](O)COc1ccc(Cl)c(-c2nc(C(C(C)=O)=C(C)N)c(C)c(N3CCN(C(C)C(F)(F)F)CC3)n2)c1. The molecule has 2 aromatic rings. The van der Waals surface area contributed by atoms with Crippen LogP contribution < -0.4 is 20.7 Å². The maximum Gasteiger partial charge on any atom is 0.403 e. The predicted molar refractivity (Wildman–Crippen MR) is 149 cm³/mol. The molecule has 4 N–H and O–H groups in total. The number of anilines is 1. The molecule has 1 aliphatic rings. The van der Waals surface area contributed by atoms with Gasteiger partial charge in [-0.2, -0.15) is 13.2 Å². The number of nitrogens with one attached hydrogen (secondary N) is 1. The molecule has 40 heavy (non-hydrogen) atoms. The Labute approximate surface area is 237 Å². The van der Waals surface area contributed by atoms with Gasteiger partial charge < -0.3 is 25.8 Å². The van der Waals surface area contributed by atoms with E-state index in [0.29, 0.717) is 40.0 Å². The molecule has 220 valence electrons. The minimum absolute atomic E-state index is 0.0391. The van der Waals surface area contributed by atoms with Crippen LogP contribution in [0.15, 0.2) is 23.9 Å². The number of hydrogen-bond acceptors (Lipinski definition) is 9. The number of hydrogen-bond donors (Lipinski definition) is 3. The molecule has 13 heteroatoms. The van der Waals surface area contributed by atoms with Crippen LogP contribution in [-0.4, -0.2) is 90.5 Å². The Morgan fingerprint density at radius 3 is 2.42 bits per heavy atom. The molecule has 1 unspecified atom stereocenters. The number of carbonyl (C=O) groups excluding carboxylic acids is 1. The monoisotopic (exact) mass is 584 g/mol. The Bertz CT molecular complexity index is 1240. The van der Waals surface area contributed by atoms with Gasteiger partial charge in [0, 0.05) is 49.5 Å². The van der Waals surface area contributed by atoms with E-state index >= 15 is 0 Å². The van der Waals surface area contributed by atoms with Crippen LogP contribution in [0.3, 0.4) is 0 Å². The van der Waals surface area contributed by atoms with Crippen LogP contribution in [0.4, 0.5) is 19.0 Å². The number of nitrogens with two attached hydrogens (primary N) is 1. The van der Waals surface area contributed by atoms with Crippen molar-refractivity contribution >= 4 is 28.8 Å². The van der Waals surface area contributed by atoms with Gasteiger partial charge in [0.1, 0.15) is 30.3 Å². The summed E-state index contributed by atoms with van der Waals surface area (Å²) in [6.45, 7) is 7.24. The summed E-state index contributed by atoms with van der Waals surface area (Å²) >= 11 is 6.55. The standard InChI is InChI=1S/C27H36ClF3N6O3/c1-15-24(23(16(2)32)17(3)38)34-25(21-12-20(6-7-22(21)28)40-14-19(39)13-33-5)35-26(15)37-10-8-36(9-11-37)18(4)27(29,30)31/h6-7,12,18-19,33,39H,8-11,13-14,32H2,1-5H3/t18?,19-/m1/s1. The predicted octanol–water partition coefficient (Wildman–Crippen LogP) is 3.42. The summed E-state index contributed by atoms with van der Waals surface area (Å²) < 4.78 is 45.6. The van der Waals surface area contributed by atoms with Gasteiger partial charge in [-0.1, -0.05) is 11.6 Å². The lowest BCUT2D eigenvalue weighted by Gasteiger charge is -2.39. The van der Waals surface area contributed by atoms with Crippen LogP contribution in [0.1, 0.15) is 32.0 Å². The highest BCUT2D eigenvalue weighted by molar-refractivity contribution is 6.33. The average molecular weight is 585 g/mol. The molecule has 1 aromatic heterocycles. The van der Waals surface area contributed by atoms with Crippen molar-refractivity contribution in [2.24, 2.45) is 5.73 Å². The minimum atomic E-state index is -4.32. The summed E-state index contributed by atoms with van der Waals surface area (Å²) in [5.74, 6) is 0.817. The number of aliphatic hydroxyl groups excluding tert-OH is 1. The zero-order valence-electron chi connectivity index (χ0n) is 23.3. The number of ketones is 1. The fourth-order valence-corrected chi connectivity index (χ4v) is 4.79. The molecule has 1 saturated heterocycles. The summed E-state index contributed by atoms with van der Waals surface area (Å²) in [4.78, 5) is 25.3. The first-order chi connectivity index (χ1) is 18.7. The summed E-state index contributed by atoms with van der Waals surface area (Å²) in [6, 6.07) is 3.35. The number of carbonyl (C=O) groups is 1. The van der Waals surface area contributed by atoms with Crippen molar-refractivity contribution in [3.8, 4) is 17.1 Å². The number of allylic oxidation sites excluding steroid dienone is 2. The van der Waals surface area contributed by atoms with Gasteiger partial charge in [0.05, 0.1) is 16.3 Å². The van der Waals surface area contributed by atoms with E-state index in [0.717, 1.165) is 6.92 Å². The third-order valence-corrected chi connectivity index (χ3v) is 7.13. The Morgan fingerprint density at radius 1 is 1.23 bits per heavy atom. The normalized spacial score (nSPS) is 16.9. The largest absolute Gasteiger partial charge is 0.491 e. The van der Waals surface area contributed by atoms with Crippen LogP contribution >= 0.6 is 11.6 Å². The Morgan fingerprint density at radius 2 is 1.88 bits per heavy atom. The van der Waals surface area contributed by atoms with Crippen LogP contribution in [-0.2, 0) is 4.79 Å². The molecule has 1 fully saturated rings. The molecule has 2 atom stereocenters. The molecule has 0 radical (unpaired) electrons. The minimum Gasteiger partial charge on any atom is -0.491 e. The molecule has 1 aromatic carbocycles. The zero-order chi connectivity index (χ0) is 29.8. The lowest BCUT2D eigenvalue weighted by atomic mass is 10.0. The molecule has 1 aliphatic heterocycles. The summed E-state index contributed by atoms with van der Waals surface area (Å²) in [7, 11) is 1.72. The third kappa shape index (κ3) is 7.42. The lowest BCUT2D eigenvalue weighted by molar-refractivity contribution is -0.179. The number of aliphatic hydroxyl groups is 1. The summed E-state index contributed by atoms with van der Waals surface area (Å²) in [6.07, 6.45) is -5.05. The van der Waals surface area contributed by atoms with E-state index in [1.54, 1.807) is 39.1 Å². The highest BCUT2D eigenvalue weighted by atomic mass is 35.5. The first-order valence-corrected chi connectivity index (χ1v) is 13.3. The summed E-state index contributed by atoms with van der Waals surface area (Å²) in [5.41, 5.74) is 7.92. The number of aromatic nitrogens is 2. The van der Waals surface area contributed by atoms with Crippen molar-refractivity contribution in [3.63, 3.8) is 0 Å². The smallest absolute Gasteiger partial charge is 0.403 e. The molecular formula is C27H36ClF3N6O3. The number of benzene rings is 1. The molecule has 0 amide bonds. The lowest BCUT2D eigenvalue weighted by Crippen LogP contribution is -2.54.